The predicted molar refractivity (Wildman–Crippen MR) is 122 cm³/mol. The number of carbonyl (C=O) groups is 1. The van der Waals surface area contributed by atoms with Crippen molar-refractivity contribution in [2.45, 2.75) is 11.8 Å². The van der Waals surface area contributed by atoms with E-state index in [1.807, 2.05) is 12.1 Å². The third kappa shape index (κ3) is 3.74. The van der Waals surface area contributed by atoms with Crippen LogP contribution in [0.4, 0.5) is 11.4 Å². The van der Waals surface area contributed by atoms with Gasteiger partial charge in [-0.2, -0.15) is 8.42 Å². The summed E-state index contributed by atoms with van der Waals surface area (Å²) in [6.45, 7) is 1.58. The van der Waals surface area contributed by atoms with Crippen LogP contribution in [0.25, 0.3) is 22.0 Å². The molecule has 0 aliphatic heterocycles. The Morgan fingerprint density at radius 1 is 0.909 bits per heavy atom. The summed E-state index contributed by atoms with van der Waals surface area (Å²) in [4.78, 5) is 25.9. The summed E-state index contributed by atoms with van der Waals surface area (Å²) in [5.41, 5.74) is 4.00. The molecule has 7 nitrogen and oxygen atoms in total. The predicted octanol–water partition coefficient (Wildman–Crippen LogP) is 1.05. The molecule has 0 unspecified atom stereocenters. The smallest absolute Gasteiger partial charge is 0.355 e. The third-order valence-electron chi connectivity index (χ3n) is 5.85. The first kappa shape index (κ1) is 23.4. The van der Waals surface area contributed by atoms with E-state index in [4.69, 9.17) is 0 Å². The molecule has 4 aromatic rings. The van der Waals surface area contributed by atoms with Gasteiger partial charge in [-0.15, -0.1) is 0 Å². The monoisotopic (exact) mass is 469 g/mol. The molecule has 0 fully saturated rings. The fraction of sp³-hybridized carbons (Fsp3) is 0.0833. The van der Waals surface area contributed by atoms with Crippen LogP contribution in [0, 0.1) is 6.92 Å². The van der Waals surface area contributed by atoms with Gasteiger partial charge >= 0.3 is 29.6 Å². The molecule has 0 atom stereocenters. The molecule has 33 heavy (non-hydrogen) atoms. The van der Waals surface area contributed by atoms with Gasteiger partial charge in [-0.05, 0) is 47.9 Å². The summed E-state index contributed by atoms with van der Waals surface area (Å²) in [5, 5.41) is 3.78. The fourth-order valence-electron chi connectivity index (χ4n) is 4.27. The number of aromatic nitrogens is 1. The van der Waals surface area contributed by atoms with Gasteiger partial charge in [0, 0.05) is 29.8 Å². The number of hydrogen-bond acceptors (Lipinski definition) is 5. The second kappa shape index (κ2) is 8.23. The number of nitrogens with zero attached hydrogens (tertiary/aromatic N) is 1. The average molecular weight is 469 g/mol. The van der Waals surface area contributed by atoms with Crippen LogP contribution in [0.2, 0.25) is 0 Å². The van der Waals surface area contributed by atoms with E-state index in [1.54, 1.807) is 50.4 Å². The summed E-state index contributed by atoms with van der Waals surface area (Å²) in [5.74, 6) is -0.193. The quantitative estimate of drug-likeness (QED) is 0.302. The largest absolute Gasteiger partial charge is 1.00 e. The van der Waals surface area contributed by atoms with E-state index in [2.05, 4.69) is 5.32 Å². The Balaban J connectivity index is 0.00000259. The molecule has 1 heterocycles. The van der Waals surface area contributed by atoms with Crippen LogP contribution in [0.1, 0.15) is 21.5 Å². The van der Waals surface area contributed by atoms with Crippen LogP contribution in [-0.2, 0) is 17.2 Å². The van der Waals surface area contributed by atoms with Gasteiger partial charge < -0.3 is 9.88 Å². The zero-order chi connectivity index (χ0) is 22.8. The van der Waals surface area contributed by atoms with Crippen LogP contribution in [0.15, 0.2) is 70.4 Å². The number of rotatable bonds is 3. The summed E-state index contributed by atoms with van der Waals surface area (Å²) < 4.78 is 34.4. The van der Waals surface area contributed by atoms with Crippen molar-refractivity contribution in [3.63, 3.8) is 0 Å². The molecule has 0 spiro atoms. The SMILES string of the molecule is Cc1ccc(Nc2ccc3c4c(cc(=O)n3C)-c3ccccc3C(=O)c24)cc1S(=O)(=O)O.[Na+]. The van der Waals surface area contributed by atoms with E-state index in [0.717, 1.165) is 0 Å². The molecule has 0 saturated carbocycles. The van der Waals surface area contributed by atoms with E-state index in [1.165, 1.54) is 16.7 Å². The van der Waals surface area contributed by atoms with Gasteiger partial charge in [-0.1, -0.05) is 30.3 Å². The summed E-state index contributed by atoms with van der Waals surface area (Å²) in [7, 11) is -2.75. The van der Waals surface area contributed by atoms with Gasteiger partial charge in [-0.3, -0.25) is 14.1 Å². The molecule has 0 amide bonds. The molecule has 1 aliphatic rings. The number of benzene rings is 3. The van der Waals surface area contributed by atoms with Crippen LogP contribution < -0.4 is 40.4 Å². The van der Waals surface area contributed by atoms with E-state index < -0.39 is 10.1 Å². The second-order valence-corrected chi connectivity index (χ2v) is 9.18. The molecule has 0 radical (unpaired) electrons. The van der Waals surface area contributed by atoms with Gasteiger partial charge in [0.25, 0.3) is 15.7 Å². The Bertz CT molecular complexity index is 1640. The van der Waals surface area contributed by atoms with Crippen LogP contribution in [0.3, 0.4) is 0 Å². The fourth-order valence-corrected chi connectivity index (χ4v) is 5.02. The van der Waals surface area contributed by atoms with Crippen molar-refractivity contribution < 1.29 is 47.3 Å². The maximum atomic E-state index is 13.5. The number of carbonyl (C=O) groups excluding carboxylic acids is 1. The van der Waals surface area contributed by atoms with Crippen molar-refractivity contribution in [2.24, 2.45) is 7.05 Å². The minimum absolute atomic E-state index is 0. The first-order valence-corrected chi connectivity index (χ1v) is 11.3. The van der Waals surface area contributed by atoms with E-state index in [9.17, 15) is 22.6 Å². The zero-order valence-corrected chi connectivity index (χ0v) is 21.0. The number of ketones is 1. The first-order valence-electron chi connectivity index (χ1n) is 9.83. The molecule has 1 aromatic heterocycles. The minimum Gasteiger partial charge on any atom is -0.355 e. The van der Waals surface area contributed by atoms with Crippen molar-refractivity contribution in [1.29, 1.82) is 0 Å². The number of aryl methyl sites for hydroxylation is 2. The molecule has 1 aliphatic carbocycles. The maximum absolute atomic E-state index is 13.5. The van der Waals surface area contributed by atoms with Gasteiger partial charge in [-0.25, -0.2) is 0 Å². The third-order valence-corrected chi connectivity index (χ3v) is 6.84. The zero-order valence-electron chi connectivity index (χ0n) is 18.2. The number of anilines is 2. The Morgan fingerprint density at radius 3 is 2.30 bits per heavy atom. The number of hydrogen-bond donors (Lipinski definition) is 2. The van der Waals surface area contributed by atoms with Crippen molar-refractivity contribution in [3.05, 3.63) is 87.7 Å². The molecule has 3 aromatic carbocycles. The molecule has 9 heteroatoms. The van der Waals surface area contributed by atoms with Crippen LogP contribution in [-0.4, -0.2) is 23.3 Å². The van der Waals surface area contributed by atoms with E-state index in [0.29, 0.717) is 50.1 Å². The molecule has 160 valence electrons. The number of pyridine rings is 1. The maximum Gasteiger partial charge on any atom is 1.00 e. The second-order valence-electron chi connectivity index (χ2n) is 7.79. The topological polar surface area (TPSA) is 105 Å². The summed E-state index contributed by atoms with van der Waals surface area (Å²) in [6, 6.07) is 16.7. The Hall–Kier alpha value is -2.75. The Kier molecular flexibility index (Phi) is 5.84. The molecule has 0 saturated heterocycles. The Labute approximate surface area is 212 Å². The van der Waals surface area contributed by atoms with E-state index >= 15 is 0 Å². The molecule has 5 rings (SSSR count). The van der Waals surface area contributed by atoms with Gasteiger partial charge in [0.15, 0.2) is 5.78 Å². The van der Waals surface area contributed by atoms with Gasteiger partial charge in [0.1, 0.15) is 0 Å². The summed E-state index contributed by atoms with van der Waals surface area (Å²) >= 11 is 0. The molecule has 0 bridgehead atoms. The minimum atomic E-state index is -4.40. The van der Waals surface area contributed by atoms with Crippen LogP contribution >= 0.6 is 0 Å². The average Bonchev–Trinajstić information content (AvgIpc) is 2.75. The molecule has 2 N–H and O–H groups in total. The van der Waals surface area contributed by atoms with Crippen molar-refractivity contribution in [2.75, 3.05) is 5.32 Å². The molecular formula is C24H18N2NaO5S+. The summed E-state index contributed by atoms with van der Waals surface area (Å²) in [6.07, 6.45) is 0. The molecular weight excluding hydrogens is 451 g/mol. The van der Waals surface area contributed by atoms with Crippen molar-refractivity contribution >= 4 is 38.2 Å². The standard InChI is InChI=1S/C24H18N2O5S.Na/c1-13-7-8-14(11-20(13)32(29,30)31)25-18-9-10-19-22-17(12-21(27)26(19)2)15-5-3-4-6-16(15)24(28)23(18)22;/h3-12,25H,1-2H3,(H,29,30,31);/q;+1. The normalized spacial score (nSPS) is 12.3. The van der Waals surface area contributed by atoms with Gasteiger partial charge in [0.2, 0.25) is 0 Å². The van der Waals surface area contributed by atoms with E-state index in [-0.39, 0.29) is 45.8 Å². The van der Waals surface area contributed by atoms with Gasteiger partial charge in [0.05, 0.1) is 21.7 Å². The van der Waals surface area contributed by atoms with Crippen LogP contribution in [0.5, 0.6) is 0 Å². The van der Waals surface area contributed by atoms with Crippen molar-refractivity contribution in [3.8, 4) is 11.1 Å². The van der Waals surface area contributed by atoms with Crippen molar-refractivity contribution in [1.82, 2.24) is 4.57 Å². The first-order chi connectivity index (χ1) is 15.2. The number of fused-ring (bicyclic) bond motifs is 2. The Morgan fingerprint density at radius 2 is 1.61 bits per heavy atom. The number of nitrogens with one attached hydrogen (secondary N) is 1.